The van der Waals surface area contributed by atoms with Crippen LogP contribution in [0.3, 0.4) is 0 Å². The molecule has 0 N–H and O–H groups in total. The quantitative estimate of drug-likeness (QED) is 0.837. The molecule has 1 fully saturated rings. The van der Waals surface area contributed by atoms with E-state index in [-0.39, 0.29) is 10.3 Å². The summed E-state index contributed by atoms with van der Waals surface area (Å²) in [5.74, 6) is -0.675. The SMILES string of the molecule is CC1(C)CCCN(S(=O)(=O)c2ccccc2F)CC1. The Kier molecular flexibility index (Phi) is 3.97. The third kappa shape index (κ3) is 3.15. The summed E-state index contributed by atoms with van der Waals surface area (Å²) in [6, 6.07) is 5.58. The van der Waals surface area contributed by atoms with E-state index in [2.05, 4.69) is 13.8 Å². The highest BCUT2D eigenvalue weighted by Gasteiger charge is 2.31. The lowest BCUT2D eigenvalue weighted by molar-refractivity contribution is 0.314. The summed E-state index contributed by atoms with van der Waals surface area (Å²) < 4.78 is 40.0. The van der Waals surface area contributed by atoms with Crippen molar-refractivity contribution in [3.63, 3.8) is 0 Å². The highest BCUT2D eigenvalue weighted by molar-refractivity contribution is 7.89. The lowest BCUT2D eigenvalue weighted by Gasteiger charge is -2.23. The zero-order valence-corrected chi connectivity index (χ0v) is 12.2. The van der Waals surface area contributed by atoms with Gasteiger partial charge in [0.05, 0.1) is 0 Å². The number of rotatable bonds is 2. The molecule has 1 aromatic rings. The van der Waals surface area contributed by atoms with Crippen molar-refractivity contribution < 1.29 is 12.8 Å². The second-order valence-electron chi connectivity index (χ2n) is 5.85. The number of halogens is 1. The minimum Gasteiger partial charge on any atom is -0.207 e. The van der Waals surface area contributed by atoms with E-state index in [0.29, 0.717) is 13.1 Å². The van der Waals surface area contributed by atoms with E-state index in [1.807, 2.05) is 0 Å². The molecule has 1 aromatic carbocycles. The molecule has 106 valence electrons. The Morgan fingerprint density at radius 2 is 1.84 bits per heavy atom. The second-order valence-corrected chi connectivity index (χ2v) is 7.76. The first-order valence-corrected chi connectivity index (χ1v) is 8.02. The molecule has 1 heterocycles. The molecule has 0 saturated carbocycles. The maximum atomic E-state index is 13.7. The van der Waals surface area contributed by atoms with Crippen LogP contribution in [0, 0.1) is 11.2 Å². The largest absolute Gasteiger partial charge is 0.245 e. The molecule has 1 aliphatic heterocycles. The van der Waals surface area contributed by atoms with E-state index in [1.165, 1.54) is 22.5 Å². The predicted octanol–water partition coefficient (Wildman–Crippen LogP) is 3.03. The number of benzene rings is 1. The third-order valence-corrected chi connectivity index (χ3v) is 5.69. The molecule has 0 radical (unpaired) electrons. The number of hydrogen-bond donors (Lipinski definition) is 0. The Bertz CT molecular complexity index is 554. The lowest BCUT2D eigenvalue weighted by atomic mass is 9.85. The molecular weight excluding hydrogens is 265 g/mol. The zero-order valence-electron chi connectivity index (χ0n) is 11.4. The van der Waals surface area contributed by atoms with E-state index in [0.717, 1.165) is 19.3 Å². The van der Waals surface area contributed by atoms with Crippen LogP contribution in [-0.4, -0.2) is 25.8 Å². The third-order valence-electron chi connectivity index (χ3n) is 3.75. The summed E-state index contributed by atoms with van der Waals surface area (Å²) >= 11 is 0. The Morgan fingerprint density at radius 3 is 2.53 bits per heavy atom. The second kappa shape index (κ2) is 5.21. The van der Waals surface area contributed by atoms with E-state index in [9.17, 15) is 12.8 Å². The van der Waals surface area contributed by atoms with Crippen LogP contribution in [0.15, 0.2) is 29.2 Å². The van der Waals surface area contributed by atoms with Crippen LogP contribution in [-0.2, 0) is 10.0 Å². The zero-order chi connectivity index (χ0) is 14.1. The molecule has 1 saturated heterocycles. The minimum absolute atomic E-state index is 0.152. The van der Waals surface area contributed by atoms with E-state index < -0.39 is 15.8 Å². The van der Waals surface area contributed by atoms with E-state index >= 15 is 0 Å². The van der Waals surface area contributed by atoms with Gasteiger partial charge in [-0.3, -0.25) is 0 Å². The van der Waals surface area contributed by atoms with Crippen LogP contribution in [0.5, 0.6) is 0 Å². The number of nitrogens with zero attached hydrogens (tertiary/aromatic N) is 1. The van der Waals surface area contributed by atoms with Crippen LogP contribution in [0.4, 0.5) is 4.39 Å². The van der Waals surface area contributed by atoms with Crippen molar-refractivity contribution in [1.29, 1.82) is 0 Å². The minimum atomic E-state index is -3.71. The first-order valence-electron chi connectivity index (χ1n) is 6.58. The Balaban J connectivity index is 2.28. The molecule has 0 bridgehead atoms. The Morgan fingerprint density at radius 1 is 1.16 bits per heavy atom. The van der Waals surface area contributed by atoms with Gasteiger partial charge in [0.2, 0.25) is 10.0 Å². The fraction of sp³-hybridized carbons (Fsp3) is 0.571. The summed E-state index contributed by atoms with van der Waals surface area (Å²) in [4.78, 5) is -0.213. The monoisotopic (exact) mass is 285 g/mol. The summed E-state index contributed by atoms with van der Waals surface area (Å²) in [5, 5.41) is 0. The van der Waals surface area contributed by atoms with Crippen molar-refractivity contribution in [1.82, 2.24) is 4.31 Å². The molecule has 0 aromatic heterocycles. The summed E-state index contributed by atoms with van der Waals surface area (Å²) in [5.41, 5.74) is 0.152. The number of hydrogen-bond acceptors (Lipinski definition) is 2. The van der Waals surface area contributed by atoms with Crippen molar-refractivity contribution >= 4 is 10.0 Å². The Labute approximate surface area is 114 Å². The van der Waals surface area contributed by atoms with Crippen molar-refractivity contribution in [2.45, 2.75) is 38.0 Å². The first kappa shape index (κ1) is 14.5. The maximum Gasteiger partial charge on any atom is 0.245 e. The standard InChI is InChI=1S/C14H20FNO2S/c1-14(2)8-5-10-16(11-9-14)19(17,18)13-7-4-3-6-12(13)15/h3-4,6-7H,5,8-11H2,1-2H3. The van der Waals surface area contributed by atoms with Crippen LogP contribution >= 0.6 is 0 Å². The molecule has 2 rings (SSSR count). The lowest BCUT2D eigenvalue weighted by Crippen LogP contribution is -2.33. The molecule has 0 amide bonds. The van der Waals surface area contributed by atoms with Gasteiger partial charge in [0, 0.05) is 13.1 Å². The van der Waals surface area contributed by atoms with Crippen LogP contribution in [0.25, 0.3) is 0 Å². The average molecular weight is 285 g/mol. The van der Waals surface area contributed by atoms with Gasteiger partial charge in [-0.05, 0) is 36.8 Å². The molecule has 5 heteroatoms. The van der Waals surface area contributed by atoms with Gasteiger partial charge in [0.15, 0.2) is 0 Å². The molecular formula is C14H20FNO2S. The van der Waals surface area contributed by atoms with Crippen molar-refractivity contribution in [3.8, 4) is 0 Å². The van der Waals surface area contributed by atoms with Gasteiger partial charge in [-0.1, -0.05) is 26.0 Å². The molecule has 19 heavy (non-hydrogen) atoms. The van der Waals surface area contributed by atoms with Gasteiger partial charge in [0.25, 0.3) is 0 Å². The summed E-state index contributed by atoms with van der Waals surface area (Å²) in [7, 11) is -3.71. The van der Waals surface area contributed by atoms with Gasteiger partial charge in [0.1, 0.15) is 10.7 Å². The molecule has 0 atom stereocenters. The van der Waals surface area contributed by atoms with Gasteiger partial charge in [-0.25, -0.2) is 12.8 Å². The Hall–Kier alpha value is -0.940. The summed E-state index contributed by atoms with van der Waals surface area (Å²) in [6.45, 7) is 5.22. The smallest absolute Gasteiger partial charge is 0.207 e. The van der Waals surface area contributed by atoms with Gasteiger partial charge in [-0.2, -0.15) is 4.31 Å². The fourth-order valence-electron chi connectivity index (χ4n) is 2.43. The van der Waals surface area contributed by atoms with Crippen molar-refractivity contribution in [3.05, 3.63) is 30.1 Å². The van der Waals surface area contributed by atoms with E-state index in [1.54, 1.807) is 6.07 Å². The topological polar surface area (TPSA) is 37.4 Å². The predicted molar refractivity (Wildman–Crippen MR) is 72.8 cm³/mol. The van der Waals surface area contributed by atoms with Crippen molar-refractivity contribution in [2.24, 2.45) is 5.41 Å². The number of sulfonamides is 1. The molecule has 0 unspecified atom stereocenters. The molecule has 3 nitrogen and oxygen atoms in total. The van der Waals surface area contributed by atoms with Crippen LogP contribution in [0.2, 0.25) is 0 Å². The van der Waals surface area contributed by atoms with Gasteiger partial charge >= 0.3 is 0 Å². The van der Waals surface area contributed by atoms with Crippen LogP contribution in [0.1, 0.15) is 33.1 Å². The highest BCUT2D eigenvalue weighted by Crippen LogP contribution is 2.32. The maximum absolute atomic E-state index is 13.7. The van der Waals surface area contributed by atoms with Crippen molar-refractivity contribution in [2.75, 3.05) is 13.1 Å². The van der Waals surface area contributed by atoms with Gasteiger partial charge < -0.3 is 0 Å². The van der Waals surface area contributed by atoms with Gasteiger partial charge in [-0.15, -0.1) is 0 Å². The van der Waals surface area contributed by atoms with Crippen LogP contribution < -0.4 is 0 Å². The normalized spacial score (nSPS) is 21.0. The summed E-state index contributed by atoms with van der Waals surface area (Å²) in [6.07, 6.45) is 2.62. The highest BCUT2D eigenvalue weighted by atomic mass is 32.2. The fourth-order valence-corrected chi connectivity index (χ4v) is 3.98. The molecule has 0 aliphatic carbocycles. The first-order chi connectivity index (χ1) is 8.83. The average Bonchev–Trinajstić information content (AvgIpc) is 2.51. The molecule has 0 spiro atoms. The molecule has 1 aliphatic rings. The van der Waals surface area contributed by atoms with E-state index in [4.69, 9.17) is 0 Å².